The molecule has 2 aromatic carbocycles. The molecule has 0 radical (unpaired) electrons. The number of benzene rings is 2. The first-order valence-electron chi connectivity index (χ1n) is 9.01. The van der Waals surface area contributed by atoms with Crippen LogP contribution >= 0.6 is 0 Å². The molecule has 0 unspecified atom stereocenters. The molecule has 0 aliphatic rings. The van der Waals surface area contributed by atoms with E-state index in [2.05, 4.69) is 9.97 Å². The van der Waals surface area contributed by atoms with Crippen LogP contribution in [0.4, 0.5) is 5.69 Å². The van der Waals surface area contributed by atoms with Crippen LogP contribution in [0.1, 0.15) is 5.56 Å². The summed E-state index contributed by atoms with van der Waals surface area (Å²) < 4.78 is 5.83. The average molecular weight is 381 g/mol. The topological polar surface area (TPSA) is 111 Å². The maximum atomic E-state index is 8.04. The normalized spacial score (nSPS) is 10.5. The molecular formula is C23H19N5O. The fourth-order valence-electron chi connectivity index (χ4n) is 3.07. The minimum Gasteiger partial charge on any atom is -0.457 e. The fourth-order valence-corrected chi connectivity index (χ4v) is 3.07. The highest BCUT2D eigenvalue weighted by molar-refractivity contribution is 6.08. The van der Waals surface area contributed by atoms with Crippen molar-refractivity contribution in [2.24, 2.45) is 5.73 Å². The Bertz CT molecular complexity index is 1140. The van der Waals surface area contributed by atoms with Gasteiger partial charge in [0.1, 0.15) is 23.0 Å². The van der Waals surface area contributed by atoms with Crippen LogP contribution in [0.5, 0.6) is 11.5 Å². The number of nitrogens with two attached hydrogens (primary N) is 2. The van der Waals surface area contributed by atoms with Crippen molar-refractivity contribution in [1.29, 1.82) is 5.41 Å². The van der Waals surface area contributed by atoms with Gasteiger partial charge < -0.3 is 16.2 Å². The summed E-state index contributed by atoms with van der Waals surface area (Å²) in [5.41, 5.74) is 15.6. The van der Waals surface area contributed by atoms with Gasteiger partial charge in [-0.1, -0.05) is 36.4 Å². The van der Waals surface area contributed by atoms with Crippen LogP contribution in [0.2, 0.25) is 0 Å². The zero-order chi connectivity index (χ0) is 20.2. The summed E-state index contributed by atoms with van der Waals surface area (Å²) in [6.45, 7) is 0. The van der Waals surface area contributed by atoms with Gasteiger partial charge in [-0.15, -0.1) is 0 Å². The van der Waals surface area contributed by atoms with Gasteiger partial charge in [0.15, 0.2) is 0 Å². The van der Waals surface area contributed by atoms with Gasteiger partial charge in [-0.05, 0) is 42.0 Å². The van der Waals surface area contributed by atoms with E-state index in [1.807, 2.05) is 72.8 Å². The smallest absolute Gasteiger partial charge is 0.127 e. The van der Waals surface area contributed by atoms with E-state index in [4.69, 9.17) is 21.6 Å². The molecule has 142 valence electrons. The molecule has 6 nitrogen and oxygen atoms in total. The molecule has 2 aromatic heterocycles. The second-order valence-electron chi connectivity index (χ2n) is 6.38. The van der Waals surface area contributed by atoms with Gasteiger partial charge in [-0.25, -0.2) is 0 Å². The van der Waals surface area contributed by atoms with Crippen molar-refractivity contribution >= 4 is 11.5 Å². The summed E-state index contributed by atoms with van der Waals surface area (Å²) in [6, 6.07) is 22.5. The summed E-state index contributed by atoms with van der Waals surface area (Å²) in [5.74, 6) is 1.34. The van der Waals surface area contributed by atoms with E-state index in [0.717, 1.165) is 11.3 Å². The van der Waals surface area contributed by atoms with Gasteiger partial charge in [0.25, 0.3) is 0 Å². The molecule has 4 aromatic rings. The predicted octanol–water partition coefficient (Wildman–Crippen LogP) is 4.47. The number of amidine groups is 1. The standard InChI is InChI=1S/C23H19N5O/c24-21-20(23(25)26)18(14-28-22(21)19-8-4-5-13-27-19)15-9-11-17(12-10-15)29-16-6-2-1-3-7-16/h1-14H,24H2,(H3,25,26). The molecule has 0 aliphatic heterocycles. The van der Waals surface area contributed by atoms with Gasteiger partial charge in [-0.2, -0.15) is 0 Å². The summed E-state index contributed by atoms with van der Waals surface area (Å²) in [6.07, 6.45) is 3.34. The largest absolute Gasteiger partial charge is 0.457 e. The minimum atomic E-state index is -0.123. The number of rotatable bonds is 5. The molecule has 6 heteroatoms. The quantitative estimate of drug-likeness (QED) is 0.349. The second kappa shape index (κ2) is 7.82. The highest BCUT2D eigenvalue weighted by Gasteiger charge is 2.18. The van der Waals surface area contributed by atoms with Crippen molar-refractivity contribution in [3.63, 3.8) is 0 Å². The van der Waals surface area contributed by atoms with Crippen molar-refractivity contribution in [2.45, 2.75) is 0 Å². The van der Waals surface area contributed by atoms with Crippen molar-refractivity contribution in [2.75, 3.05) is 5.73 Å². The molecule has 0 atom stereocenters. The molecular weight excluding hydrogens is 362 g/mol. The number of hydrogen-bond donors (Lipinski definition) is 3. The molecule has 4 rings (SSSR count). The van der Waals surface area contributed by atoms with Crippen LogP contribution in [0.15, 0.2) is 85.2 Å². The number of pyridine rings is 2. The van der Waals surface area contributed by atoms with Gasteiger partial charge >= 0.3 is 0 Å². The lowest BCUT2D eigenvalue weighted by Crippen LogP contribution is -2.16. The van der Waals surface area contributed by atoms with Crippen molar-refractivity contribution in [3.05, 3.63) is 90.8 Å². The van der Waals surface area contributed by atoms with Crippen molar-refractivity contribution < 1.29 is 4.74 Å². The third kappa shape index (κ3) is 3.77. The van der Waals surface area contributed by atoms with E-state index in [0.29, 0.717) is 34.0 Å². The predicted molar refractivity (Wildman–Crippen MR) is 115 cm³/mol. The number of anilines is 1. The van der Waals surface area contributed by atoms with Gasteiger partial charge in [0.2, 0.25) is 0 Å². The molecule has 0 spiro atoms. The van der Waals surface area contributed by atoms with Crippen LogP contribution < -0.4 is 16.2 Å². The van der Waals surface area contributed by atoms with E-state index < -0.39 is 0 Å². The maximum absolute atomic E-state index is 8.04. The lowest BCUT2D eigenvalue weighted by molar-refractivity contribution is 0.483. The Balaban J connectivity index is 1.71. The highest BCUT2D eigenvalue weighted by Crippen LogP contribution is 2.33. The van der Waals surface area contributed by atoms with E-state index >= 15 is 0 Å². The SMILES string of the molecule is N=C(N)c1c(-c2ccc(Oc3ccccc3)cc2)cnc(-c2ccccn2)c1N. The average Bonchev–Trinajstić information content (AvgIpc) is 2.75. The first-order chi connectivity index (χ1) is 14.1. The number of nitrogens with zero attached hydrogens (tertiary/aromatic N) is 2. The Labute approximate surface area is 168 Å². The molecule has 0 aliphatic carbocycles. The van der Waals surface area contributed by atoms with E-state index in [1.165, 1.54) is 0 Å². The summed E-state index contributed by atoms with van der Waals surface area (Å²) in [5, 5.41) is 8.04. The number of hydrogen-bond acceptors (Lipinski definition) is 5. The van der Waals surface area contributed by atoms with Gasteiger partial charge in [-0.3, -0.25) is 15.4 Å². The maximum Gasteiger partial charge on any atom is 0.127 e. The van der Waals surface area contributed by atoms with E-state index in [1.54, 1.807) is 12.4 Å². The highest BCUT2D eigenvalue weighted by atomic mass is 16.5. The second-order valence-corrected chi connectivity index (χ2v) is 6.38. The molecule has 2 heterocycles. The van der Waals surface area contributed by atoms with Crippen LogP contribution in [0, 0.1) is 5.41 Å². The number of nitrogens with one attached hydrogen (secondary N) is 1. The molecule has 5 N–H and O–H groups in total. The molecule has 0 fully saturated rings. The van der Waals surface area contributed by atoms with Crippen LogP contribution in [-0.4, -0.2) is 15.8 Å². The van der Waals surface area contributed by atoms with E-state index in [9.17, 15) is 0 Å². The zero-order valence-corrected chi connectivity index (χ0v) is 15.5. The zero-order valence-electron chi connectivity index (χ0n) is 15.5. The number of nitrogen functional groups attached to an aromatic ring is 2. The number of aromatic nitrogens is 2. The summed E-state index contributed by atoms with van der Waals surface area (Å²) in [7, 11) is 0. The Morgan fingerprint density at radius 2 is 1.52 bits per heavy atom. The molecule has 0 saturated heterocycles. The molecule has 0 bridgehead atoms. The lowest BCUT2D eigenvalue weighted by atomic mass is 9.98. The monoisotopic (exact) mass is 381 g/mol. The van der Waals surface area contributed by atoms with Crippen LogP contribution in [0.3, 0.4) is 0 Å². The minimum absolute atomic E-state index is 0.123. The summed E-state index contributed by atoms with van der Waals surface area (Å²) >= 11 is 0. The lowest BCUT2D eigenvalue weighted by Gasteiger charge is -2.15. The number of ether oxygens (including phenoxy) is 1. The molecule has 29 heavy (non-hydrogen) atoms. The fraction of sp³-hybridized carbons (Fsp3) is 0. The van der Waals surface area contributed by atoms with Gasteiger partial charge in [0, 0.05) is 18.0 Å². The molecule has 0 amide bonds. The first-order valence-corrected chi connectivity index (χ1v) is 9.01. The van der Waals surface area contributed by atoms with Crippen molar-refractivity contribution in [1.82, 2.24) is 9.97 Å². The Kier molecular flexibility index (Phi) is 4.90. The van der Waals surface area contributed by atoms with Gasteiger partial charge in [0.05, 0.1) is 16.9 Å². The Hall–Kier alpha value is -4.19. The third-order valence-electron chi connectivity index (χ3n) is 4.44. The third-order valence-corrected chi connectivity index (χ3v) is 4.44. The van der Waals surface area contributed by atoms with Crippen LogP contribution in [0.25, 0.3) is 22.5 Å². The number of para-hydroxylation sites is 1. The van der Waals surface area contributed by atoms with E-state index in [-0.39, 0.29) is 5.84 Å². The first kappa shape index (κ1) is 18.2. The van der Waals surface area contributed by atoms with Crippen molar-refractivity contribution in [3.8, 4) is 34.0 Å². The molecule has 0 saturated carbocycles. The Morgan fingerprint density at radius 1 is 0.828 bits per heavy atom. The summed E-state index contributed by atoms with van der Waals surface area (Å²) in [4.78, 5) is 8.78. The van der Waals surface area contributed by atoms with Crippen LogP contribution in [-0.2, 0) is 0 Å². The Morgan fingerprint density at radius 3 is 2.17 bits per heavy atom.